The fraction of sp³-hybridized carbons (Fsp3) is 0.424. The van der Waals surface area contributed by atoms with Crippen LogP contribution in [0, 0.1) is 0 Å². The Bertz CT molecular complexity index is 1820. The van der Waals surface area contributed by atoms with Gasteiger partial charge in [-0.2, -0.15) is 0 Å². The highest BCUT2D eigenvalue weighted by Gasteiger charge is 2.35. The average Bonchev–Trinajstić information content (AvgIpc) is 3.67. The topological polar surface area (TPSA) is 172 Å². The monoisotopic (exact) mass is 723 g/mol. The standard InChI is InChI=1S/C23H29ClN2O5S.C10H13NO4S/c1-14(2)19-12-17(24)13-20(15(3)4)21(19)25-22(27)26-32(28,29)18-8-6-7-16(11-18)23(5)30-9-10-31-23;1-10(14-5-6-15-10)8-3-2-4-9(7-8)16(11,12)13/h6-8,11-15H,9-10H2,1-5H3,(H2,25,26,27);2-4,7H,5-6H2,1H3,(H2,11,12,13). The lowest BCUT2D eigenvalue weighted by Crippen LogP contribution is -2.35. The van der Waals surface area contributed by atoms with Crippen LogP contribution in [0.5, 0.6) is 0 Å². The Morgan fingerprint density at radius 3 is 1.58 bits per heavy atom. The number of nitrogens with two attached hydrogens (primary N) is 1. The Hall–Kier alpha value is -3.08. The summed E-state index contributed by atoms with van der Waals surface area (Å²) in [6, 6.07) is 15.2. The minimum Gasteiger partial charge on any atom is -0.344 e. The molecule has 262 valence electrons. The molecular formula is C33H42ClN3O9S2. The van der Waals surface area contributed by atoms with Gasteiger partial charge in [0.15, 0.2) is 11.6 Å². The number of primary sulfonamides is 1. The summed E-state index contributed by atoms with van der Waals surface area (Å²) in [6.07, 6.45) is 0. The summed E-state index contributed by atoms with van der Waals surface area (Å²) >= 11 is 6.27. The van der Waals surface area contributed by atoms with Gasteiger partial charge in [0.05, 0.1) is 36.2 Å². The van der Waals surface area contributed by atoms with E-state index >= 15 is 0 Å². The number of amides is 2. The Kier molecular flexibility index (Phi) is 11.6. The highest BCUT2D eigenvalue weighted by molar-refractivity contribution is 7.90. The SMILES string of the molecule is CC(C)c1cc(Cl)cc(C(C)C)c1NC(=O)NS(=O)(=O)c1cccc(C2(C)OCCO2)c1.CC1(c2cccc(S(N)(=O)=O)c2)OCCO1. The number of hydrogen-bond donors (Lipinski definition) is 3. The number of anilines is 1. The molecule has 2 aliphatic rings. The van der Waals surface area contributed by atoms with Crippen molar-refractivity contribution in [2.75, 3.05) is 31.7 Å². The zero-order valence-corrected chi connectivity index (χ0v) is 30.1. The van der Waals surface area contributed by atoms with E-state index in [0.29, 0.717) is 48.3 Å². The maximum absolute atomic E-state index is 12.9. The Morgan fingerprint density at radius 1 is 0.750 bits per heavy atom. The largest absolute Gasteiger partial charge is 0.344 e. The van der Waals surface area contributed by atoms with Crippen molar-refractivity contribution in [2.24, 2.45) is 5.14 Å². The van der Waals surface area contributed by atoms with E-state index in [4.69, 9.17) is 35.7 Å². The third-order valence-electron chi connectivity index (χ3n) is 7.91. The van der Waals surface area contributed by atoms with Crippen LogP contribution in [-0.2, 0) is 50.6 Å². The minimum absolute atomic E-state index is 0.0604. The molecule has 15 heteroatoms. The fourth-order valence-electron chi connectivity index (χ4n) is 5.29. The molecule has 0 aromatic heterocycles. The highest BCUT2D eigenvalue weighted by atomic mass is 35.5. The third kappa shape index (κ3) is 8.93. The molecule has 0 unspecified atom stereocenters. The summed E-state index contributed by atoms with van der Waals surface area (Å²) in [5.41, 5.74) is 3.44. The number of carbonyl (C=O) groups excluding carboxylic acids is 1. The summed E-state index contributed by atoms with van der Waals surface area (Å²) in [5, 5.41) is 8.36. The predicted octanol–water partition coefficient (Wildman–Crippen LogP) is 5.87. The number of nitrogens with one attached hydrogen (secondary N) is 2. The second kappa shape index (κ2) is 14.8. The van der Waals surface area contributed by atoms with Gasteiger partial charge < -0.3 is 24.3 Å². The predicted molar refractivity (Wildman–Crippen MR) is 182 cm³/mol. The molecule has 5 rings (SSSR count). The first-order valence-electron chi connectivity index (χ1n) is 15.3. The van der Waals surface area contributed by atoms with Crippen LogP contribution in [0.25, 0.3) is 0 Å². The van der Waals surface area contributed by atoms with E-state index < -0.39 is 37.7 Å². The summed E-state index contributed by atoms with van der Waals surface area (Å²) < 4.78 is 72.4. The van der Waals surface area contributed by atoms with E-state index in [1.165, 1.54) is 24.3 Å². The van der Waals surface area contributed by atoms with E-state index in [0.717, 1.165) is 11.1 Å². The smallest absolute Gasteiger partial charge is 0.333 e. The van der Waals surface area contributed by atoms with Crippen LogP contribution in [0.4, 0.5) is 10.5 Å². The lowest BCUT2D eigenvalue weighted by Gasteiger charge is -2.23. The van der Waals surface area contributed by atoms with Gasteiger partial charge in [-0.05, 0) is 73.2 Å². The van der Waals surface area contributed by atoms with Crippen LogP contribution in [-0.4, -0.2) is 49.3 Å². The lowest BCUT2D eigenvalue weighted by atomic mass is 9.92. The van der Waals surface area contributed by atoms with Crippen LogP contribution < -0.4 is 15.2 Å². The number of benzene rings is 3. The first kappa shape index (κ1) is 37.7. The Balaban J connectivity index is 0.000000271. The van der Waals surface area contributed by atoms with Crippen molar-refractivity contribution >= 4 is 43.4 Å². The quantitative estimate of drug-likeness (QED) is 0.257. The molecule has 3 aromatic carbocycles. The lowest BCUT2D eigenvalue weighted by molar-refractivity contribution is -0.150. The summed E-state index contributed by atoms with van der Waals surface area (Å²) in [4.78, 5) is 12.8. The van der Waals surface area contributed by atoms with E-state index in [9.17, 15) is 21.6 Å². The minimum atomic E-state index is -4.13. The van der Waals surface area contributed by atoms with Crippen LogP contribution in [0.15, 0.2) is 70.5 Å². The number of carbonyl (C=O) groups is 1. The molecule has 0 saturated carbocycles. The molecule has 2 heterocycles. The Labute approximate surface area is 287 Å². The second-order valence-electron chi connectivity index (χ2n) is 12.2. The zero-order chi connectivity index (χ0) is 35.5. The highest BCUT2D eigenvalue weighted by Crippen LogP contribution is 2.36. The molecule has 3 aromatic rings. The van der Waals surface area contributed by atoms with Gasteiger partial charge in [0.2, 0.25) is 10.0 Å². The van der Waals surface area contributed by atoms with Crippen molar-refractivity contribution < 1.29 is 40.6 Å². The van der Waals surface area contributed by atoms with E-state index in [2.05, 4.69) is 10.0 Å². The van der Waals surface area contributed by atoms with Gasteiger partial charge in [-0.25, -0.2) is 31.5 Å². The van der Waals surface area contributed by atoms with Gasteiger partial charge in [-0.3, -0.25) is 0 Å². The zero-order valence-electron chi connectivity index (χ0n) is 27.7. The first-order valence-corrected chi connectivity index (χ1v) is 18.7. The van der Waals surface area contributed by atoms with Crippen LogP contribution >= 0.6 is 11.6 Å². The second-order valence-corrected chi connectivity index (χ2v) is 15.9. The first-order chi connectivity index (χ1) is 22.3. The molecule has 0 spiro atoms. The van der Waals surface area contributed by atoms with Crippen LogP contribution in [0.3, 0.4) is 0 Å². The van der Waals surface area contributed by atoms with Gasteiger partial charge in [0, 0.05) is 21.8 Å². The van der Waals surface area contributed by atoms with Gasteiger partial charge in [-0.1, -0.05) is 63.6 Å². The summed E-state index contributed by atoms with van der Waals surface area (Å²) in [7, 11) is -7.82. The average molecular weight is 724 g/mol. The number of hydrogen-bond acceptors (Lipinski definition) is 9. The molecule has 0 atom stereocenters. The number of sulfonamides is 2. The van der Waals surface area contributed by atoms with Gasteiger partial charge in [0.1, 0.15) is 0 Å². The van der Waals surface area contributed by atoms with E-state index in [1.807, 2.05) is 27.7 Å². The molecule has 2 fully saturated rings. The van der Waals surface area contributed by atoms with Crippen molar-refractivity contribution in [3.8, 4) is 0 Å². The molecular weight excluding hydrogens is 682 g/mol. The van der Waals surface area contributed by atoms with Crippen molar-refractivity contribution in [1.82, 2.24) is 4.72 Å². The normalized spacial score (nSPS) is 17.2. The molecule has 12 nitrogen and oxygen atoms in total. The summed E-state index contributed by atoms with van der Waals surface area (Å²) in [6.45, 7) is 13.2. The summed E-state index contributed by atoms with van der Waals surface area (Å²) in [5.74, 6) is -1.75. The van der Waals surface area contributed by atoms with E-state index in [1.54, 1.807) is 50.2 Å². The number of ether oxygens (including phenoxy) is 4. The van der Waals surface area contributed by atoms with Crippen molar-refractivity contribution in [2.45, 2.75) is 74.7 Å². The van der Waals surface area contributed by atoms with Gasteiger partial charge >= 0.3 is 6.03 Å². The molecule has 0 bridgehead atoms. The fourth-order valence-corrected chi connectivity index (χ4v) is 7.04. The molecule has 2 saturated heterocycles. The van der Waals surface area contributed by atoms with Crippen LogP contribution in [0.1, 0.15) is 75.6 Å². The van der Waals surface area contributed by atoms with Crippen molar-refractivity contribution in [3.05, 3.63) is 87.9 Å². The van der Waals surface area contributed by atoms with Crippen molar-refractivity contribution in [3.63, 3.8) is 0 Å². The molecule has 0 radical (unpaired) electrons. The molecule has 2 amide bonds. The van der Waals surface area contributed by atoms with Gasteiger partial charge in [0.25, 0.3) is 10.0 Å². The Morgan fingerprint density at radius 2 is 1.17 bits per heavy atom. The van der Waals surface area contributed by atoms with Gasteiger partial charge in [-0.15, -0.1) is 0 Å². The number of halogens is 1. The van der Waals surface area contributed by atoms with Crippen molar-refractivity contribution in [1.29, 1.82) is 0 Å². The number of urea groups is 1. The number of rotatable bonds is 8. The molecule has 4 N–H and O–H groups in total. The maximum Gasteiger partial charge on any atom is 0.333 e. The van der Waals surface area contributed by atoms with Crippen LogP contribution in [0.2, 0.25) is 5.02 Å². The molecule has 0 aliphatic carbocycles. The molecule has 48 heavy (non-hydrogen) atoms. The van der Waals surface area contributed by atoms with E-state index in [-0.39, 0.29) is 21.6 Å². The molecule has 2 aliphatic heterocycles. The third-order valence-corrected chi connectivity index (χ3v) is 10.4. The maximum atomic E-state index is 12.9.